The number of nitriles is 1. The van der Waals surface area contributed by atoms with Crippen molar-refractivity contribution in [3.8, 4) is 6.07 Å². The third-order valence-electron chi connectivity index (χ3n) is 5.51. The fourth-order valence-corrected chi connectivity index (χ4v) is 6.91. The Bertz CT molecular complexity index is 697. The van der Waals surface area contributed by atoms with E-state index in [0.29, 0.717) is 5.56 Å². The van der Waals surface area contributed by atoms with Crippen molar-refractivity contribution in [2.24, 2.45) is 0 Å². The summed E-state index contributed by atoms with van der Waals surface area (Å²) in [7, 11) is -2.01. The van der Waals surface area contributed by atoms with E-state index in [1.54, 1.807) is 0 Å². The Labute approximate surface area is 171 Å². The molecule has 1 heterocycles. The van der Waals surface area contributed by atoms with Gasteiger partial charge in [-0.3, -0.25) is 0 Å². The van der Waals surface area contributed by atoms with Gasteiger partial charge in [0.2, 0.25) is 0 Å². The van der Waals surface area contributed by atoms with E-state index in [-0.39, 0.29) is 22.0 Å². The highest BCUT2D eigenvalue weighted by molar-refractivity contribution is 8.02. The number of nitrogens with zero attached hydrogens (tertiary/aromatic N) is 1. The zero-order valence-electron chi connectivity index (χ0n) is 18.3. The van der Waals surface area contributed by atoms with Gasteiger partial charge in [-0.1, -0.05) is 60.6 Å². The minimum atomic E-state index is -2.01. The van der Waals surface area contributed by atoms with Crippen molar-refractivity contribution in [3.63, 3.8) is 0 Å². The smallest absolute Gasteiger partial charge is 0.194 e. The first kappa shape index (κ1) is 22.5. The van der Waals surface area contributed by atoms with Crippen LogP contribution < -0.4 is 0 Å². The Balaban J connectivity index is 2.50. The molecule has 0 amide bonds. The fourth-order valence-electron chi connectivity index (χ4n) is 3.16. The van der Waals surface area contributed by atoms with E-state index in [1.807, 2.05) is 36.0 Å². The summed E-state index contributed by atoms with van der Waals surface area (Å²) >= 11 is 1.90. The third kappa shape index (κ3) is 4.62. The van der Waals surface area contributed by atoms with Crippen LogP contribution in [0.1, 0.15) is 72.1 Å². The van der Waals surface area contributed by atoms with Gasteiger partial charge in [-0.15, -0.1) is 11.8 Å². The maximum atomic E-state index is 9.11. The average molecular weight is 406 g/mol. The monoisotopic (exact) mass is 405 g/mol. The summed E-state index contributed by atoms with van der Waals surface area (Å²) in [4.78, 5) is -0.399. The van der Waals surface area contributed by atoms with Gasteiger partial charge in [-0.2, -0.15) is 5.26 Å². The molecule has 1 aromatic rings. The number of benzene rings is 1. The lowest BCUT2D eigenvalue weighted by molar-refractivity contribution is -0.240. The van der Waals surface area contributed by atoms with Crippen molar-refractivity contribution >= 4 is 20.1 Å². The van der Waals surface area contributed by atoms with E-state index < -0.39 is 13.3 Å². The lowest BCUT2D eigenvalue weighted by Gasteiger charge is -2.60. The van der Waals surface area contributed by atoms with E-state index in [1.165, 1.54) is 0 Å². The Morgan fingerprint density at radius 1 is 1.15 bits per heavy atom. The van der Waals surface area contributed by atoms with Crippen molar-refractivity contribution in [2.45, 2.75) is 94.9 Å². The zero-order valence-corrected chi connectivity index (χ0v) is 20.2. The van der Waals surface area contributed by atoms with Gasteiger partial charge in [0.1, 0.15) is 6.10 Å². The summed E-state index contributed by atoms with van der Waals surface area (Å²) in [6, 6.07) is 9.97. The van der Waals surface area contributed by atoms with Crippen molar-refractivity contribution < 1.29 is 9.16 Å². The molecule has 0 saturated carbocycles. The Morgan fingerprint density at radius 3 is 2.11 bits per heavy atom. The number of rotatable bonds is 5. The maximum Gasteiger partial charge on any atom is 0.194 e. The zero-order chi connectivity index (χ0) is 20.7. The summed E-state index contributed by atoms with van der Waals surface area (Å²) in [6.45, 7) is 20.4. The van der Waals surface area contributed by atoms with Crippen LogP contribution in [0.2, 0.25) is 18.1 Å². The van der Waals surface area contributed by atoms with Crippen LogP contribution in [0.25, 0.3) is 0 Å². The molecule has 0 bridgehead atoms. The average Bonchev–Trinajstić information content (AvgIpc) is 2.51. The molecule has 3 nitrogen and oxygen atoms in total. The van der Waals surface area contributed by atoms with Gasteiger partial charge in [-0.25, -0.2) is 0 Å². The summed E-state index contributed by atoms with van der Waals surface area (Å²) < 4.78 is 13.5. The minimum absolute atomic E-state index is 0.0460. The molecular weight excluding hydrogens is 370 g/mol. The predicted octanol–water partition coefficient (Wildman–Crippen LogP) is 6.66. The van der Waals surface area contributed by atoms with Crippen LogP contribution in [-0.2, 0) is 9.16 Å². The first-order valence-corrected chi connectivity index (χ1v) is 13.5. The number of hydrogen-bond donors (Lipinski definition) is 0. The van der Waals surface area contributed by atoms with Gasteiger partial charge in [-0.05, 0) is 42.2 Å². The second kappa shape index (κ2) is 7.55. The van der Waals surface area contributed by atoms with Gasteiger partial charge >= 0.3 is 0 Å². The third-order valence-corrected chi connectivity index (χ3v) is 11.6. The Hall–Kier alpha value is -0.803. The standard InChI is InChI=1S/C22H35NO2SSi/c1-10-18-22(26-20(2,3)4,25-27(8,9)21(5,6)7)19(24-18)17-13-11-16(15-23)12-14-17/h11-14,18-19H,10H2,1-9H3/t18-,19-,22+/m1/s1. The molecule has 1 aromatic carbocycles. The topological polar surface area (TPSA) is 42.2 Å². The minimum Gasteiger partial charge on any atom is -0.398 e. The summed E-state index contributed by atoms with van der Waals surface area (Å²) in [5.74, 6) is 0. The SMILES string of the molecule is CC[C@H]1O[C@H](c2ccc(C#N)cc2)[C@@]1(O[Si](C)(C)C(C)(C)C)SC(C)(C)C. The predicted molar refractivity (Wildman–Crippen MR) is 117 cm³/mol. The highest BCUT2D eigenvalue weighted by Gasteiger charge is 2.62. The van der Waals surface area contributed by atoms with Crippen molar-refractivity contribution in [3.05, 3.63) is 35.4 Å². The van der Waals surface area contributed by atoms with Gasteiger partial charge < -0.3 is 9.16 Å². The maximum absolute atomic E-state index is 9.11. The highest BCUT2D eigenvalue weighted by atomic mass is 32.2. The van der Waals surface area contributed by atoms with Crippen molar-refractivity contribution in [1.82, 2.24) is 0 Å². The molecule has 0 radical (unpaired) electrons. The molecule has 1 aliphatic rings. The van der Waals surface area contributed by atoms with E-state index in [2.05, 4.69) is 67.6 Å². The molecule has 0 unspecified atom stereocenters. The van der Waals surface area contributed by atoms with Gasteiger partial charge in [0, 0.05) is 4.75 Å². The molecule has 1 aliphatic heterocycles. The van der Waals surface area contributed by atoms with Crippen LogP contribution >= 0.6 is 11.8 Å². The van der Waals surface area contributed by atoms with Crippen LogP contribution in [0.5, 0.6) is 0 Å². The van der Waals surface area contributed by atoms with Crippen molar-refractivity contribution in [2.75, 3.05) is 0 Å². The van der Waals surface area contributed by atoms with Crippen LogP contribution in [0, 0.1) is 11.3 Å². The molecular formula is C22H35NO2SSi. The second-order valence-electron chi connectivity index (χ2n) is 9.95. The highest BCUT2D eigenvalue weighted by Crippen LogP contribution is 2.60. The largest absolute Gasteiger partial charge is 0.398 e. The molecule has 0 aromatic heterocycles. The van der Waals surface area contributed by atoms with Gasteiger partial charge in [0.15, 0.2) is 13.3 Å². The Morgan fingerprint density at radius 2 is 1.70 bits per heavy atom. The molecule has 0 spiro atoms. The summed E-state index contributed by atoms with van der Waals surface area (Å²) in [5, 5.41) is 9.24. The molecule has 5 heteroatoms. The van der Waals surface area contributed by atoms with Crippen LogP contribution in [0.4, 0.5) is 0 Å². The molecule has 2 rings (SSSR count). The molecule has 0 N–H and O–H groups in total. The van der Waals surface area contributed by atoms with E-state index in [0.717, 1.165) is 12.0 Å². The first-order valence-electron chi connectivity index (χ1n) is 9.81. The lowest BCUT2D eigenvalue weighted by Crippen LogP contribution is -2.65. The van der Waals surface area contributed by atoms with E-state index in [4.69, 9.17) is 14.4 Å². The lowest BCUT2D eigenvalue weighted by atomic mass is 9.91. The van der Waals surface area contributed by atoms with Gasteiger partial charge in [0.25, 0.3) is 0 Å². The molecule has 27 heavy (non-hydrogen) atoms. The van der Waals surface area contributed by atoms with E-state index in [9.17, 15) is 0 Å². The van der Waals surface area contributed by atoms with Crippen molar-refractivity contribution in [1.29, 1.82) is 5.26 Å². The van der Waals surface area contributed by atoms with Crippen LogP contribution in [0.15, 0.2) is 24.3 Å². The van der Waals surface area contributed by atoms with Gasteiger partial charge in [0.05, 0.1) is 17.7 Å². The number of thioether (sulfide) groups is 1. The number of hydrogen-bond acceptors (Lipinski definition) is 4. The number of ether oxygens (including phenoxy) is 1. The second-order valence-corrected chi connectivity index (χ2v) is 16.7. The molecule has 150 valence electrons. The normalized spacial score (nSPS) is 26.4. The van der Waals surface area contributed by atoms with Crippen LogP contribution in [-0.4, -0.2) is 24.1 Å². The molecule has 1 fully saturated rings. The Kier molecular flexibility index (Phi) is 6.29. The quantitative estimate of drug-likeness (QED) is 0.406. The first-order chi connectivity index (χ1) is 12.3. The summed E-state index contributed by atoms with van der Waals surface area (Å²) in [5.41, 5.74) is 1.76. The fraction of sp³-hybridized carbons (Fsp3) is 0.682. The molecule has 1 saturated heterocycles. The summed E-state index contributed by atoms with van der Waals surface area (Å²) in [6.07, 6.45) is 0.870. The van der Waals surface area contributed by atoms with E-state index >= 15 is 0 Å². The molecule has 0 aliphatic carbocycles. The van der Waals surface area contributed by atoms with Crippen LogP contribution in [0.3, 0.4) is 0 Å². The molecule has 3 atom stereocenters.